The van der Waals surface area contributed by atoms with E-state index < -0.39 is 46.5 Å². The molecule has 0 bridgehead atoms. The van der Waals surface area contributed by atoms with Crippen LogP contribution in [0.3, 0.4) is 0 Å². The summed E-state index contributed by atoms with van der Waals surface area (Å²) in [6.45, 7) is 9.40. The van der Waals surface area contributed by atoms with Crippen LogP contribution in [0.4, 0.5) is 17.6 Å². The molecular formula is C26H20F4O4. The van der Waals surface area contributed by atoms with Crippen LogP contribution in [0.5, 0.6) is 11.5 Å². The van der Waals surface area contributed by atoms with Gasteiger partial charge in [0.2, 0.25) is 17.4 Å². The third-order valence-corrected chi connectivity index (χ3v) is 4.93. The smallest absolute Gasteiger partial charge is 0.349 e. The van der Waals surface area contributed by atoms with Crippen molar-refractivity contribution in [2.24, 2.45) is 0 Å². The Balaban J connectivity index is 1.88. The lowest BCUT2D eigenvalue weighted by atomic mass is 9.87. The van der Waals surface area contributed by atoms with Gasteiger partial charge in [0.25, 0.3) is 0 Å². The average Bonchev–Trinajstić information content (AvgIpc) is 2.80. The minimum atomic E-state index is -2.06. The molecule has 8 heteroatoms. The average molecular weight is 472 g/mol. The number of hydrogen-bond donors (Lipinski definition) is 0. The molecule has 0 radical (unpaired) electrons. The van der Waals surface area contributed by atoms with Gasteiger partial charge in [0.1, 0.15) is 11.3 Å². The number of halogens is 4. The molecule has 0 aromatic heterocycles. The molecule has 0 unspecified atom stereocenters. The van der Waals surface area contributed by atoms with Crippen LogP contribution in [-0.4, -0.2) is 11.9 Å². The Morgan fingerprint density at radius 3 is 1.76 bits per heavy atom. The number of benzene rings is 3. The number of rotatable bonds is 5. The molecule has 3 aromatic rings. The maximum atomic E-state index is 14.5. The predicted molar refractivity (Wildman–Crippen MR) is 118 cm³/mol. The van der Waals surface area contributed by atoms with Crippen molar-refractivity contribution < 1.29 is 36.6 Å². The molecular weight excluding hydrogens is 452 g/mol. The standard InChI is InChI=1S/C26H20F4O4/c1-5-14-6-8-15(9-7-14)24(31)34-23-21(29)19(27)18(20(28)22(23)30)25(32)33-17-12-10-16(11-13-17)26(2,3)4/h5-13H,1H2,2-4H3. The van der Waals surface area contributed by atoms with Crippen LogP contribution in [0, 0.1) is 23.3 Å². The topological polar surface area (TPSA) is 52.6 Å². The van der Waals surface area contributed by atoms with Crippen LogP contribution >= 0.6 is 0 Å². The fourth-order valence-electron chi connectivity index (χ4n) is 2.97. The zero-order valence-electron chi connectivity index (χ0n) is 18.5. The van der Waals surface area contributed by atoms with Crippen molar-refractivity contribution in [3.63, 3.8) is 0 Å². The summed E-state index contributed by atoms with van der Waals surface area (Å²) in [4.78, 5) is 24.5. The van der Waals surface area contributed by atoms with Crippen molar-refractivity contribution in [2.45, 2.75) is 26.2 Å². The molecule has 0 heterocycles. The Kier molecular flexibility index (Phi) is 6.91. The van der Waals surface area contributed by atoms with Gasteiger partial charge in [0.05, 0.1) is 5.56 Å². The van der Waals surface area contributed by atoms with Crippen LogP contribution in [0.2, 0.25) is 0 Å². The molecule has 0 aliphatic carbocycles. The van der Waals surface area contributed by atoms with Gasteiger partial charge in [0.15, 0.2) is 11.6 Å². The lowest BCUT2D eigenvalue weighted by Crippen LogP contribution is -2.19. The van der Waals surface area contributed by atoms with Crippen LogP contribution in [0.25, 0.3) is 6.08 Å². The summed E-state index contributed by atoms with van der Waals surface area (Å²) in [5.41, 5.74) is -0.375. The molecule has 3 rings (SSSR count). The molecule has 0 aliphatic heterocycles. The van der Waals surface area contributed by atoms with Gasteiger partial charge in [-0.25, -0.2) is 18.4 Å². The second-order valence-corrected chi connectivity index (χ2v) is 8.34. The Morgan fingerprint density at radius 2 is 1.29 bits per heavy atom. The Hall–Kier alpha value is -3.94. The largest absolute Gasteiger partial charge is 0.423 e. The summed E-state index contributed by atoms with van der Waals surface area (Å²) in [6, 6.07) is 11.6. The Bertz CT molecular complexity index is 1230. The zero-order valence-corrected chi connectivity index (χ0v) is 18.5. The van der Waals surface area contributed by atoms with Gasteiger partial charge >= 0.3 is 11.9 Å². The van der Waals surface area contributed by atoms with Gasteiger partial charge in [-0.05, 0) is 40.8 Å². The number of hydrogen-bond acceptors (Lipinski definition) is 4. The van der Waals surface area contributed by atoms with Gasteiger partial charge in [-0.15, -0.1) is 0 Å². The lowest BCUT2D eigenvalue weighted by molar-refractivity contribution is 0.0713. The maximum Gasteiger partial charge on any atom is 0.349 e. The fraction of sp³-hybridized carbons (Fsp3) is 0.154. The normalized spacial score (nSPS) is 11.1. The highest BCUT2D eigenvalue weighted by molar-refractivity contribution is 5.93. The minimum absolute atomic E-state index is 0.0870. The molecule has 0 spiro atoms. The van der Waals surface area contributed by atoms with E-state index in [4.69, 9.17) is 4.74 Å². The SMILES string of the molecule is C=Cc1ccc(C(=O)Oc2c(F)c(F)c(C(=O)Oc3ccc(C(C)(C)C)cc3)c(F)c2F)cc1. The quantitative estimate of drug-likeness (QED) is 0.181. The highest BCUT2D eigenvalue weighted by atomic mass is 19.2. The Labute approximate surface area is 193 Å². The minimum Gasteiger partial charge on any atom is -0.423 e. The van der Waals surface area contributed by atoms with Crippen LogP contribution in [0.15, 0.2) is 55.1 Å². The number of carbonyl (C=O) groups excluding carboxylic acids is 2. The summed E-state index contributed by atoms with van der Waals surface area (Å²) >= 11 is 0. The third-order valence-electron chi connectivity index (χ3n) is 4.93. The molecule has 0 atom stereocenters. The van der Waals surface area contributed by atoms with Gasteiger partial charge < -0.3 is 9.47 Å². The molecule has 0 aliphatic rings. The van der Waals surface area contributed by atoms with Gasteiger partial charge in [-0.1, -0.05) is 57.7 Å². The molecule has 34 heavy (non-hydrogen) atoms. The van der Waals surface area contributed by atoms with E-state index in [0.29, 0.717) is 5.56 Å². The van der Waals surface area contributed by atoms with E-state index in [-0.39, 0.29) is 16.7 Å². The highest BCUT2D eigenvalue weighted by Crippen LogP contribution is 2.32. The van der Waals surface area contributed by atoms with Gasteiger partial charge in [-0.3, -0.25) is 0 Å². The number of ether oxygens (including phenoxy) is 2. The lowest BCUT2D eigenvalue weighted by Gasteiger charge is -2.19. The van der Waals surface area contributed by atoms with Crippen LogP contribution in [0.1, 0.15) is 52.6 Å². The third kappa shape index (κ3) is 5.01. The number of carbonyl (C=O) groups is 2. The van der Waals surface area contributed by atoms with Gasteiger partial charge in [0, 0.05) is 0 Å². The summed E-state index contributed by atoms with van der Waals surface area (Å²) in [5, 5.41) is 0. The molecule has 0 saturated carbocycles. The van der Waals surface area contributed by atoms with E-state index in [1.807, 2.05) is 20.8 Å². The molecule has 176 valence electrons. The second kappa shape index (κ2) is 9.51. The predicted octanol–water partition coefficient (Wildman–Crippen LogP) is 6.62. The summed E-state index contributed by atoms with van der Waals surface area (Å²) in [7, 11) is 0. The highest BCUT2D eigenvalue weighted by Gasteiger charge is 2.33. The van der Waals surface area contributed by atoms with E-state index in [1.165, 1.54) is 42.5 Å². The van der Waals surface area contributed by atoms with E-state index in [0.717, 1.165) is 5.56 Å². The molecule has 0 fully saturated rings. The summed E-state index contributed by atoms with van der Waals surface area (Å²) in [5.74, 6) is -12.8. The first kappa shape index (κ1) is 24.7. The van der Waals surface area contributed by atoms with Crippen LogP contribution in [-0.2, 0) is 5.41 Å². The number of esters is 2. The fourth-order valence-corrected chi connectivity index (χ4v) is 2.97. The first-order valence-corrected chi connectivity index (χ1v) is 10.1. The first-order valence-electron chi connectivity index (χ1n) is 10.1. The molecule has 0 N–H and O–H groups in total. The van der Waals surface area contributed by atoms with E-state index >= 15 is 0 Å². The van der Waals surface area contributed by atoms with Crippen molar-refractivity contribution in [2.75, 3.05) is 0 Å². The monoisotopic (exact) mass is 472 g/mol. The van der Waals surface area contributed by atoms with Crippen molar-refractivity contribution in [3.8, 4) is 11.5 Å². The Morgan fingerprint density at radius 1 is 0.765 bits per heavy atom. The van der Waals surface area contributed by atoms with Crippen molar-refractivity contribution in [1.82, 2.24) is 0 Å². The van der Waals surface area contributed by atoms with Gasteiger partial charge in [-0.2, -0.15) is 8.78 Å². The molecule has 0 saturated heterocycles. The van der Waals surface area contributed by atoms with E-state index in [1.54, 1.807) is 12.1 Å². The van der Waals surface area contributed by atoms with Crippen molar-refractivity contribution >= 4 is 18.0 Å². The molecule has 0 amide bonds. The molecule has 4 nitrogen and oxygen atoms in total. The molecule has 3 aromatic carbocycles. The first-order chi connectivity index (χ1) is 15.9. The van der Waals surface area contributed by atoms with Crippen LogP contribution < -0.4 is 9.47 Å². The van der Waals surface area contributed by atoms with E-state index in [9.17, 15) is 27.2 Å². The summed E-state index contributed by atoms with van der Waals surface area (Å²) < 4.78 is 67.5. The van der Waals surface area contributed by atoms with Crippen molar-refractivity contribution in [1.29, 1.82) is 0 Å². The maximum absolute atomic E-state index is 14.5. The second-order valence-electron chi connectivity index (χ2n) is 8.34. The van der Waals surface area contributed by atoms with E-state index in [2.05, 4.69) is 11.3 Å². The summed E-state index contributed by atoms with van der Waals surface area (Å²) in [6.07, 6.45) is 1.50. The zero-order chi connectivity index (χ0) is 25.2. The van der Waals surface area contributed by atoms with Crippen molar-refractivity contribution in [3.05, 3.63) is 101 Å².